The number of amides is 3. The summed E-state index contributed by atoms with van der Waals surface area (Å²) in [5, 5.41) is 18.1. The number of hydrogen-bond acceptors (Lipinski definition) is 4. The number of benzene rings is 2. The molecule has 0 unspecified atom stereocenters. The van der Waals surface area contributed by atoms with Crippen molar-refractivity contribution in [3.63, 3.8) is 0 Å². The summed E-state index contributed by atoms with van der Waals surface area (Å²) in [7, 11) is 1.58. The Labute approximate surface area is 212 Å². The predicted molar refractivity (Wildman–Crippen MR) is 141 cm³/mol. The van der Waals surface area contributed by atoms with Gasteiger partial charge >= 0.3 is 0 Å². The molecule has 1 aliphatic heterocycles. The molecule has 6 atom stereocenters. The van der Waals surface area contributed by atoms with Crippen molar-refractivity contribution in [2.75, 3.05) is 19.0 Å². The number of rotatable bonds is 8. The number of fused-ring (bicyclic) bond motifs is 2. The van der Waals surface area contributed by atoms with Gasteiger partial charge in [-0.25, -0.2) is 0 Å². The number of carbonyl (C=O) groups is 3. The van der Waals surface area contributed by atoms with Crippen molar-refractivity contribution >= 4 is 34.2 Å². The summed E-state index contributed by atoms with van der Waals surface area (Å²) in [6.45, 7) is 5.82. The Kier molecular flexibility index (Phi) is 7.79. The van der Waals surface area contributed by atoms with Gasteiger partial charge in [0.2, 0.25) is 17.7 Å². The fraction of sp³-hybridized carbons (Fsp3) is 0.483. The van der Waals surface area contributed by atoms with E-state index in [4.69, 9.17) is 0 Å². The van der Waals surface area contributed by atoms with Crippen LogP contribution in [0.15, 0.2) is 54.6 Å². The van der Waals surface area contributed by atoms with Crippen LogP contribution in [0.3, 0.4) is 0 Å². The molecule has 2 aliphatic rings. The van der Waals surface area contributed by atoms with Crippen LogP contribution in [0.2, 0.25) is 0 Å². The minimum atomic E-state index is -0.814. The van der Waals surface area contributed by atoms with Gasteiger partial charge in [-0.1, -0.05) is 63.3 Å². The first kappa shape index (κ1) is 25.9. The van der Waals surface area contributed by atoms with Gasteiger partial charge < -0.3 is 20.6 Å². The van der Waals surface area contributed by atoms with Crippen molar-refractivity contribution in [3.05, 3.63) is 54.6 Å². The summed E-state index contributed by atoms with van der Waals surface area (Å²) < 4.78 is 0. The maximum Gasteiger partial charge on any atom is 0.247 e. The Morgan fingerprint density at radius 3 is 2.42 bits per heavy atom. The lowest BCUT2D eigenvalue weighted by Gasteiger charge is -2.34. The largest absolute Gasteiger partial charge is 0.394 e. The molecule has 4 rings (SSSR count). The fourth-order valence-electron chi connectivity index (χ4n) is 6.06. The second-order valence-corrected chi connectivity index (χ2v) is 10.4. The van der Waals surface area contributed by atoms with Gasteiger partial charge in [0.15, 0.2) is 0 Å². The van der Waals surface area contributed by atoms with Crippen molar-refractivity contribution < 1.29 is 19.5 Å². The second-order valence-electron chi connectivity index (χ2n) is 10.4. The third kappa shape index (κ3) is 4.76. The predicted octanol–water partition coefficient (Wildman–Crippen LogP) is 3.59. The van der Waals surface area contributed by atoms with Crippen molar-refractivity contribution in [1.29, 1.82) is 0 Å². The molecule has 36 heavy (non-hydrogen) atoms. The monoisotopic (exact) mass is 491 g/mol. The zero-order chi connectivity index (χ0) is 26.0. The molecule has 1 saturated heterocycles. The lowest BCUT2D eigenvalue weighted by molar-refractivity contribution is -0.143. The summed E-state index contributed by atoms with van der Waals surface area (Å²) in [4.78, 5) is 42.4. The zero-order valence-electron chi connectivity index (χ0n) is 21.5. The van der Waals surface area contributed by atoms with Crippen molar-refractivity contribution in [3.8, 4) is 0 Å². The minimum absolute atomic E-state index is 0.0861. The Bertz CT molecular complexity index is 1160. The number of allylic oxidation sites excluding steroid dienone is 1. The Balaban J connectivity index is 1.73. The molecular weight excluding hydrogens is 454 g/mol. The second kappa shape index (κ2) is 10.8. The standard InChI is InChI=1S/C29H37N3O4/c1-5-18-11-13-23-25(24(18)27(34)30-4)29(36)32(22(16-33)14-17(2)3)26(23)28(35)31-21-12-10-19-8-6-7-9-20(19)15-21/h6-13,15,17-18,22-26,33H,5,14,16H2,1-4H3,(H,30,34)(H,31,35)/t18-,22-,23+,24-,25+,26+/m1/s1. The van der Waals surface area contributed by atoms with Gasteiger partial charge in [0, 0.05) is 18.7 Å². The first-order valence-electron chi connectivity index (χ1n) is 12.9. The van der Waals surface area contributed by atoms with E-state index in [1.807, 2.05) is 75.4 Å². The minimum Gasteiger partial charge on any atom is -0.394 e. The normalized spacial score (nSPS) is 26.2. The summed E-state index contributed by atoms with van der Waals surface area (Å²) in [5.74, 6) is -2.24. The molecule has 0 radical (unpaired) electrons. The number of hydrogen-bond donors (Lipinski definition) is 3. The average molecular weight is 492 g/mol. The van der Waals surface area contributed by atoms with E-state index in [-0.39, 0.29) is 36.2 Å². The van der Waals surface area contributed by atoms with Crippen LogP contribution in [0.25, 0.3) is 10.8 Å². The Hall–Kier alpha value is -3.19. The van der Waals surface area contributed by atoms with E-state index in [2.05, 4.69) is 10.6 Å². The smallest absolute Gasteiger partial charge is 0.247 e. The molecule has 0 bridgehead atoms. The summed E-state index contributed by atoms with van der Waals surface area (Å²) in [5.41, 5.74) is 0.646. The Morgan fingerprint density at radius 1 is 1.06 bits per heavy atom. The quantitative estimate of drug-likeness (QED) is 0.492. The molecule has 3 amide bonds. The number of carbonyl (C=O) groups excluding carboxylic acids is 3. The molecule has 0 spiro atoms. The lowest BCUT2D eigenvalue weighted by Crippen LogP contribution is -2.51. The van der Waals surface area contributed by atoms with E-state index >= 15 is 0 Å². The first-order valence-corrected chi connectivity index (χ1v) is 12.9. The SMILES string of the molecule is CC[C@@H]1C=C[C@H]2[C@H](C(=O)N([C@@H](CO)CC(C)C)[C@@H]2C(=O)Nc2ccc3ccccc3c2)[C@@H]1C(=O)NC. The van der Waals surface area contributed by atoms with Crippen LogP contribution in [0.4, 0.5) is 5.69 Å². The highest BCUT2D eigenvalue weighted by atomic mass is 16.3. The molecule has 7 heteroatoms. The van der Waals surface area contributed by atoms with Gasteiger partial charge in [-0.2, -0.15) is 0 Å². The van der Waals surface area contributed by atoms with Crippen LogP contribution in [-0.2, 0) is 14.4 Å². The maximum atomic E-state index is 14.0. The third-order valence-electron chi connectivity index (χ3n) is 7.70. The highest BCUT2D eigenvalue weighted by Crippen LogP contribution is 2.46. The molecule has 192 valence electrons. The number of nitrogens with zero attached hydrogens (tertiary/aromatic N) is 1. The van der Waals surface area contributed by atoms with E-state index < -0.39 is 29.8 Å². The summed E-state index contributed by atoms with van der Waals surface area (Å²) in [6.07, 6.45) is 5.22. The van der Waals surface area contributed by atoms with E-state index in [1.165, 1.54) is 0 Å². The maximum absolute atomic E-state index is 14.0. The number of aliphatic hydroxyl groups excluding tert-OH is 1. The van der Waals surface area contributed by atoms with Gasteiger partial charge in [0.25, 0.3) is 0 Å². The molecule has 0 aromatic heterocycles. The summed E-state index contributed by atoms with van der Waals surface area (Å²) in [6, 6.07) is 12.3. The Morgan fingerprint density at radius 2 is 1.78 bits per heavy atom. The van der Waals surface area contributed by atoms with Gasteiger partial charge in [-0.3, -0.25) is 14.4 Å². The molecule has 1 aliphatic carbocycles. The zero-order valence-corrected chi connectivity index (χ0v) is 21.5. The molecular formula is C29H37N3O4. The van der Waals surface area contributed by atoms with E-state index in [1.54, 1.807) is 11.9 Å². The van der Waals surface area contributed by atoms with Gasteiger partial charge in [-0.15, -0.1) is 0 Å². The van der Waals surface area contributed by atoms with Crippen LogP contribution < -0.4 is 10.6 Å². The molecule has 3 N–H and O–H groups in total. The molecule has 7 nitrogen and oxygen atoms in total. The number of aliphatic hydroxyl groups is 1. The van der Waals surface area contributed by atoms with Crippen molar-refractivity contribution in [2.45, 2.75) is 45.7 Å². The van der Waals surface area contributed by atoms with E-state index in [9.17, 15) is 19.5 Å². The van der Waals surface area contributed by atoms with Gasteiger partial charge in [0.05, 0.1) is 24.5 Å². The lowest BCUT2D eigenvalue weighted by atomic mass is 9.69. The topological polar surface area (TPSA) is 98.7 Å². The molecule has 2 aromatic carbocycles. The van der Waals surface area contributed by atoms with Crippen molar-refractivity contribution in [1.82, 2.24) is 10.2 Å². The summed E-state index contributed by atoms with van der Waals surface area (Å²) >= 11 is 0. The van der Waals surface area contributed by atoms with Crippen LogP contribution in [0, 0.1) is 29.6 Å². The number of anilines is 1. The highest BCUT2D eigenvalue weighted by molar-refractivity contribution is 6.03. The van der Waals surface area contributed by atoms with Crippen LogP contribution >= 0.6 is 0 Å². The molecule has 1 fully saturated rings. The molecule has 1 heterocycles. The van der Waals surface area contributed by atoms with Gasteiger partial charge in [0.1, 0.15) is 6.04 Å². The molecule has 0 saturated carbocycles. The van der Waals surface area contributed by atoms with E-state index in [0.717, 1.165) is 10.8 Å². The number of nitrogens with one attached hydrogen (secondary N) is 2. The van der Waals surface area contributed by atoms with Crippen LogP contribution in [0.5, 0.6) is 0 Å². The molecule has 2 aromatic rings. The fourth-order valence-corrected chi connectivity index (χ4v) is 6.06. The van der Waals surface area contributed by atoms with E-state index in [0.29, 0.717) is 18.5 Å². The van der Waals surface area contributed by atoms with Gasteiger partial charge in [-0.05, 0) is 47.6 Å². The third-order valence-corrected chi connectivity index (χ3v) is 7.70. The van der Waals surface area contributed by atoms with Crippen LogP contribution in [0.1, 0.15) is 33.6 Å². The highest BCUT2D eigenvalue weighted by Gasteiger charge is 2.58. The average Bonchev–Trinajstić information content (AvgIpc) is 3.18. The number of likely N-dealkylation sites (tertiary alicyclic amines) is 1. The first-order chi connectivity index (χ1) is 17.3. The van der Waals surface area contributed by atoms with Crippen LogP contribution in [-0.4, -0.2) is 53.5 Å². The van der Waals surface area contributed by atoms with Crippen molar-refractivity contribution in [2.24, 2.45) is 29.6 Å².